The van der Waals surface area contributed by atoms with Gasteiger partial charge in [-0.3, -0.25) is 9.36 Å². The molecule has 27 heavy (non-hydrogen) atoms. The molecular formula is C20H21N5O2. The topological polar surface area (TPSA) is 84.1 Å². The summed E-state index contributed by atoms with van der Waals surface area (Å²) in [6.07, 6.45) is 3.98. The Balaban J connectivity index is 1.58. The highest BCUT2D eigenvalue weighted by molar-refractivity contribution is 5.55. The number of fused-ring (bicyclic) bond motifs is 1. The quantitative estimate of drug-likeness (QED) is 0.747. The predicted molar refractivity (Wildman–Crippen MR) is 102 cm³/mol. The molecule has 1 aliphatic heterocycles. The van der Waals surface area contributed by atoms with Crippen molar-refractivity contribution in [1.82, 2.24) is 19.5 Å². The van der Waals surface area contributed by atoms with E-state index >= 15 is 0 Å². The third kappa shape index (κ3) is 3.73. The van der Waals surface area contributed by atoms with E-state index in [1.807, 2.05) is 30.3 Å². The number of anilines is 1. The smallest absolute Gasteiger partial charge is 0.255 e. The van der Waals surface area contributed by atoms with Gasteiger partial charge in [0.2, 0.25) is 5.95 Å². The maximum Gasteiger partial charge on any atom is 0.255 e. The van der Waals surface area contributed by atoms with Crippen LogP contribution in [0.5, 0.6) is 0 Å². The molecule has 7 nitrogen and oxygen atoms in total. The predicted octanol–water partition coefficient (Wildman–Crippen LogP) is 2.03. The minimum Gasteiger partial charge on any atom is -0.388 e. The summed E-state index contributed by atoms with van der Waals surface area (Å²) in [5, 5.41) is 10.5. The first kappa shape index (κ1) is 17.4. The maximum atomic E-state index is 12.6. The summed E-state index contributed by atoms with van der Waals surface area (Å²) in [4.78, 5) is 27.4. The molecule has 7 heteroatoms. The van der Waals surface area contributed by atoms with Gasteiger partial charge in [0.25, 0.3) is 5.56 Å². The number of aliphatic hydroxyl groups excluding tert-OH is 1. The molecule has 3 aromatic rings. The summed E-state index contributed by atoms with van der Waals surface area (Å²) >= 11 is 0. The Morgan fingerprint density at radius 2 is 1.96 bits per heavy atom. The van der Waals surface area contributed by atoms with Crippen molar-refractivity contribution in [3.05, 3.63) is 70.9 Å². The maximum absolute atomic E-state index is 12.6. The highest BCUT2D eigenvalue weighted by atomic mass is 16.3. The van der Waals surface area contributed by atoms with Crippen molar-refractivity contribution in [2.75, 3.05) is 18.0 Å². The number of hydrogen-bond donors (Lipinski definition) is 1. The standard InChI is InChI=1S/C20H21N5O2/c26-18(15-5-2-1-3-6-15)8-12-24-10-4-11-25-19(27)13-17(23-20(24)25)16-7-9-21-14-22-16/h1-3,5-7,9,13-14,18,26H,4,8,10-12H2. The fourth-order valence-corrected chi connectivity index (χ4v) is 3.37. The van der Waals surface area contributed by atoms with E-state index in [0.717, 1.165) is 18.5 Å². The Bertz CT molecular complexity index is 959. The zero-order valence-electron chi connectivity index (χ0n) is 14.9. The van der Waals surface area contributed by atoms with Gasteiger partial charge >= 0.3 is 0 Å². The molecule has 0 radical (unpaired) electrons. The van der Waals surface area contributed by atoms with E-state index in [-0.39, 0.29) is 5.56 Å². The molecule has 1 unspecified atom stereocenters. The third-order valence-corrected chi connectivity index (χ3v) is 4.78. The molecule has 0 saturated carbocycles. The molecule has 1 aromatic carbocycles. The van der Waals surface area contributed by atoms with Crippen LogP contribution < -0.4 is 10.5 Å². The Labute approximate surface area is 157 Å². The summed E-state index contributed by atoms with van der Waals surface area (Å²) in [5.74, 6) is 0.641. The highest BCUT2D eigenvalue weighted by Crippen LogP contribution is 2.23. The molecule has 4 rings (SSSR count). The normalized spacial score (nSPS) is 14.6. The van der Waals surface area contributed by atoms with Crippen LogP contribution in [0.25, 0.3) is 11.4 Å². The van der Waals surface area contributed by atoms with Crippen molar-refractivity contribution in [2.24, 2.45) is 0 Å². The van der Waals surface area contributed by atoms with E-state index in [4.69, 9.17) is 4.98 Å². The summed E-state index contributed by atoms with van der Waals surface area (Å²) in [6, 6.07) is 12.9. The minimum atomic E-state index is -0.543. The lowest BCUT2D eigenvalue weighted by atomic mass is 10.1. The monoisotopic (exact) mass is 363 g/mol. The van der Waals surface area contributed by atoms with E-state index in [0.29, 0.717) is 36.8 Å². The summed E-state index contributed by atoms with van der Waals surface area (Å²) in [7, 11) is 0. The van der Waals surface area contributed by atoms with Gasteiger partial charge < -0.3 is 10.0 Å². The summed E-state index contributed by atoms with van der Waals surface area (Å²) < 4.78 is 1.70. The second-order valence-electron chi connectivity index (χ2n) is 6.58. The Morgan fingerprint density at radius 3 is 2.74 bits per heavy atom. The first-order chi connectivity index (χ1) is 13.2. The van der Waals surface area contributed by atoms with Crippen LogP contribution in [0.15, 0.2) is 59.8 Å². The molecule has 0 fully saturated rings. The molecule has 0 saturated heterocycles. The Kier molecular flexibility index (Phi) is 4.93. The molecule has 0 aliphatic carbocycles. The zero-order valence-corrected chi connectivity index (χ0v) is 14.9. The first-order valence-electron chi connectivity index (χ1n) is 9.08. The molecular weight excluding hydrogens is 342 g/mol. The molecule has 1 N–H and O–H groups in total. The van der Waals surface area contributed by atoms with Gasteiger partial charge in [0.05, 0.1) is 17.5 Å². The third-order valence-electron chi connectivity index (χ3n) is 4.78. The molecule has 0 amide bonds. The summed E-state index contributed by atoms with van der Waals surface area (Å²) in [6.45, 7) is 2.08. The lowest BCUT2D eigenvalue weighted by molar-refractivity contribution is 0.169. The molecule has 0 spiro atoms. The van der Waals surface area contributed by atoms with Crippen LogP contribution in [0, 0.1) is 0 Å². The molecule has 0 bridgehead atoms. The van der Waals surface area contributed by atoms with Gasteiger partial charge in [-0.1, -0.05) is 30.3 Å². The second-order valence-corrected chi connectivity index (χ2v) is 6.58. The number of aliphatic hydroxyl groups is 1. The lowest BCUT2D eigenvalue weighted by Gasteiger charge is -2.31. The van der Waals surface area contributed by atoms with Crippen molar-refractivity contribution >= 4 is 5.95 Å². The number of aromatic nitrogens is 4. The van der Waals surface area contributed by atoms with Crippen molar-refractivity contribution in [3.8, 4) is 11.4 Å². The Hall–Kier alpha value is -3.06. The molecule has 1 atom stereocenters. The van der Waals surface area contributed by atoms with Crippen LogP contribution in [0.4, 0.5) is 5.95 Å². The van der Waals surface area contributed by atoms with E-state index in [9.17, 15) is 9.90 Å². The van der Waals surface area contributed by atoms with E-state index in [1.54, 1.807) is 16.8 Å². The molecule has 3 heterocycles. The van der Waals surface area contributed by atoms with Gasteiger partial charge in [-0.05, 0) is 24.5 Å². The molecule has 2 aromatic heterocycles. The number of nitrogens with zero attached hydrogens (tertiary/aromatic N) is 5. The van der Waals surface area contributed by atoms with Crippen molar-refractivity contribution in [2.45, 2.75) is 25.5 Å². The fourth-order valence-electron chi connectivity index (χ4n) is 3.37. The zero-order chi connectivity index (χ0) is 18.6. The number of hydrogen-bond acceptors (Lipinski definition) is 6. The van der Waals surface area contributed by atoms with Crippen LogP contribution in [-0.2, 0) is 6.54 Å². The van der Waals surface area contributed by atoms with Gasteiger partial charge in [0.1, 0.15) is 6.33 Å². The van der Waals surface area contributed by atoms with Gasteiger partial charge in [0, 0.05) is 31.9 Å². The van der Waals surface area contributed by atoms with Gasteiger partial charge in [-0.25, -0.2) is 15.0 Å². The number of benzene rings is 1. The van der Waals surface area contributed by atoms with Crippen LogP contribution in [0.2, 0.25) is 0 Å². The van der Waals surface area contributed by atoms with Gasteiger partial charge in [-0.2, -0.15) is 0 Å². The number of rotatable bonds is 5. The SMILES string of the molecule is O=c1cc(-c2ccncn2)nc2n1CCCN2CCC(O)c1ccccc1. The van der Waals surface area contributed by atoms with Crippen molar-refractivity contribution < 1.29 is 5.11 Å². The largest absolute Gasteiger partial charge is 0.388 e. The van der Waals surface area contributed by atoms with E-state index in [2.05, 4.69) is 14.9 Å². The van der Waals surface area contributed by atoms with Crippen LogP contribution in [0.1, 0.15) is 24.5 Å². The summed E-state index contributed by atoms with van der Waals surface area (Å²) in [5.41, 5.74) is 1.99. The second kappa shape index (κ2) is 7.67. The minimum absolute atomic E-state index is 0.0816. The first-order valence-corrected chi connectivity index (χ1v) is 9.08. The molecule has 1 aliphatic rings. The van der Waals surface area contributed by atoms with Crippen LogP contribution in [0.3, 0.4) is 0 Å². The Morgan fingerprint density at radius 1 is 1.11 bits per heavy atom. The van der Waals surface area contributed by atoms with Crippen molar-refractivity contribution in [1.29, 1.82) is 0 Å². The van der Waals surface area contributed by atoms with Crippen molar-refractivity contribution in [3.63, 3.8) is 0 Å². The average molecular weight is 363 g/mol. The average Bonchev–Trinajstić information content (AvgIpc) is 2.73. The lowest BCUT2D eigenvalue weighted by Crippen LogP contribution is -2.39. The highest BCUT2D eigenvalue weighted by Gasteiger charge is 2.22. The van der Waals surface area contributed by atoms with Gasteiger partial charge in [-0.15, -0.1) is 0 Å². The molecule has 138 valence electrons. The van der Waals surface area contributed by atoms with Crippen LogP contribution >= 0.6 is 0 Å². The van der Waals surface area contributed by atoms with E-state index in [1.165, 1.54) is 12.4 Å². The van der Waals surface area contributed by atoms with Crippen LogP contribution in [-0.4, -0.2) is 37.7 Å². The fraction of sp³-hybridized carbons (Fsp3) is 0.300. The van der Waals surface area contributed by atoms with E-state index < -0.39 is 6.10 Å². The van der Waals surface area contributed by atoms with Gasteiger partial charge in [0.15, 0.2) is 0 Å².